The average Bonchev–Trinajstić information content (AvgIpc) is 3.26. The fourth-order valence-electron chi connectivity index (χ4n) is 7.39. The SMILES string of the molecule is O=P([O-])([O-])OC(CC1c2ccccc2-c2cncn21)C12CC3CC(C1)C(O)C(C3)C2.[Na+].[Na+]. The summed E-state index contributed by atoms with van der Waals surface area (Å²) in [4.78, 5) is 27.9. The number of aromatic nitrogens is 2. The van der Waals surface area contributed by atoms with Crippen LogP contribution in [-0.2, 0) is 9.09 Å². The Balaban J connectivity index is 0.00000122. The molecule has 4 saturated carbocycles. The number of phosphoric ester groups is 1. The van der Waals surface area contributed by atoms with Crippen molar-refractivity contribution < 1.29 is 83.1 Å². The van der Waals surface area contributed by atoms with Gasteiger partial charge in [-0.2, -0.15) is 0 Å². The fourth-order valence-corrected chi connectivity index (χ4v) is 8.01. The molecule has 10 heteroatoms. The first kappa shape index (κ1) is 25.6. The number of aliphatic hydroxyl groups is 1. The van der Waals surface area contributed by atoms with Crippen LogP contribution in [0.15, 0.2) is 36.8 Å². The number of phosphoric acid groups is 1. The molecular formula is C22H25N2Na2O5P. The van der Waals surface area contributed by atoms with Crippen molar-refractivity contribution in [3.8, 4) is 11.3 Å². The second-order valence-corrected chi connectivity index (χ2v) is 11.0. The number of fused-ring (bicyclic) bond motifs is 3. The van der Waals surface area contributed by atoms with Gasteiger partial charge in [-0.15, -0.1) is 0 Å². The Bertz CT molecular complexity index is 1030. The van der Waals surface area contributed by atoms with Crippen molar-refractivity contribution in [2.75, 3.05) is 0 Å². The van der Waals surface area contributed by atoms with Gasteiger partial charge in [-0.05, 0) is 67.3 Å². The summed E-state index contributed by atoms with van der Waals surface area (Å²) in [5.41, 5.74) is 2.84. The summed E-state index contributed by atoms with van der Waals surface area (Å²) >= 11 is 0. The summed E-state index contributed by atoms with van der Waals surface area (Å²) < 4.78 is 19.2. The van der Waals surface area contributed by atoms with Crippen LogP contribution in [-0.4, -0.2) is 26.9 Å². The molecule has 4 bridgehead atoms. The molecule has 2 aromatic rings. The number of imidazole rings is 1. The average molecular weight is 474 g/mol. The molecule has 4 fully saturated rings. The molecule has 0 amide bonds. The van der Waals surface area contributed by atoms with E-state index in [1.165, 1.54) is 0 Å². The van der Waals surface area contributed by atoms with Crippen molar-refractivity contribution in [1.29, 1.82) is 0 Å². The summed E-state index contributed by atoms with van der Waals surface area (Å²) in [6, 6.07) is 7.95. The van der Waals surface area contributed by atoms with Crippen LogP contribution in [0.2, 0.25) is 0 Å². The molecule has 1 aliphatic heterocycles. The first-order chi connectivity index (χ1) is 14.3. The molecule has 7 nitrogen and oxygen atoms in total. The minimum absolute atomic E-state index is 0. The fraction of sp³-hybridized carbons (Fsp3) is 0.591. The molecule has 0 spiro atoms. The van der Waals surface area contributed by atoms with Crippen LogP contribution in [0.1, 0.15) is 50.1 Å². The Morgan fingerprint density at radius 2 is 1.88 bits per heavy atom. The van der Waals surface area contributed by atoms with Gasteiger partial charge in [0.05, 0.1) is 44.3 Å². The zero-order valence-electron chi connectivity index (χ0n) is 18.6. The van der Waals surface area contributed by atoms with E-state index in [9.17, 15) is 19.5 Å². The summed E-state index contributed by atoms with van der Waals surface area (Å²) in [5, 5.41) is 10.6. The van der Waals surface area contributed by atoms with Gasteiger partial charge in [-0.1, -0.05) is 24.3 Å². The molecule has 1 aromatic heterocycles. The van der Waals surface area contributed by atoms with E-state index in [4.69, 9.17) is 4.52 Å². The van der Waals surface area contributed by atoms with Crippen LogP contribution in [0.4, 0.5) is 0 Å². The van der Waals surface area contributed by atoms with E-state index in [1.54, 1.807) is 6.33 Å². The zero-order valence-corrected chi connectivity index (χ0v) is 23.5. The summed E-state index contributed by atoms with van der Waals surface area (Å²) in [6.07, 6.45) is 7.34. The molecule has 7 rings (SSSR count). The minimum atomic E-state index is -5.16. The number of nitrogens with zero attached hydrogens (tertiary/aromatic N) is 2. The first-order valence-electron chi connectivity index (χ1n) is 10.8. The molecule has 4 atom stereocenters. The number of hydrogen-bond acceptors (Lipinski definition) is 6. The van der Waals surface area contributed by atoms with Crippen LogP contribution >= 0.6 is 7.82 Å². The maximum absolute atomic E-state index is 11.8. The van der Waals surface area contributed by atoms with Gasteiger partial charge in [0.2, 0.25) is 0 Å². The second kappa shape index (κ2) is 9.18. The Morgan fingerprint density at radius 1 is 1.19 bits per heavy atom. The molecular weight excluding hydrogens is 449 g/mol. The van der Waals surface area contributed by atoms with E-state index in [-0.39, 0.29) is 88.5 Å². The maximum atomic E-state index is 11.8. The van der Waals surface area contributed by atoms with Crippen molar-refractivity contribution in [2.45, 2.75) is 56.8 Å². The predicted molar refractivity (Wildman–Crippen MR) is 105 cm³/mol. The third-order valence-corrected chi connectivity index (χ3v) is 8.76. The van der Waals surface area contributed by atoms with E-state index >= 15 is 0 Å². The van der Waals surface area contributed by atoms with Gasteiger partial charge in [-0.3, -0.25) is 0 Å². The molecule has 160 valence electrons. The maximum Gasteiger partial charge on any atom is 1.00 e. The molecule has 4 unspecified atom stereocenters. The molecule has 2 heterocycles. The third kappa shape index (κ3) is 4.20. The summed E-state index contributed by atoms with van der Waals surface area (Å²) in [5.74, 6) is 0.841. The van der Waals surface area contributed by atoms with Gasteiger partial charge < -0.3 is 28.5 Å². The smallest absolute Gasteiger partial charge is 0.790 e. The monoisotopic (exact) mass is 474 g/mol. The number of rotatable bonds is 5. The van der Waals surface area contributed by atoms with Gasteiger partial charge in [0.25, 0.3) is 0 Å². The number of aliphatic hydroxyl groups excluding tert-OH is 1. The predicted octanol–water partition coefficient (Wildman–Crippen LogP) is -3.75. The van der Waals surface area contributed by atoms with Crippen LogP contribution in [0.25, 0.3) is 11.3 Å². The molecule has 32 heavy (non-hydrogen) atoms. The van der Waals surface area contributed by atoms with Gasteiger partial charge in [0, 0.05) is 5.56 Å². The Hall–Kier alpha value is 0.500. The number of hydrogen-bond donors (Lipinski definition) is 1. The first-order valence-corrected chi connectivity index (χ1v) is 12.3. The zero-order chi connectivity index (χ0) is 20.7. The van der Waals surface area contributed by atoms with Crippen LogP contribution < -0.4 is 68.9 Å². The Morgan fingerprint density at radius 3 is 2.56 bits per heavy atom. The van der Waals surface area contributed by atoms with E-state index in [2.05, 4.69) is 15.6 Å². The molecule has 0 saturated heterocycles. The van der Waals surface area contributed by atoms with Crippen molar-refractivity contribution >= 4 is 7.82 Å². The molecule has 4 aliphatic carbocycles. The molecule has 5 aliphatic rings. The van der Waals surface area contributed by atoms with Crippen LogP contribution in [0.3, 0.4) is 0 Å². The van der Waals surface area contributed by atoms with Crippen LogP contribution in [0.5, 0.6) is 0 Å². The van der Waals surface area contributed by atoms with Gasteiger partial charge in [-0.25, -0.2) is 4.98 Å². The Labute approximate surface area is 232 Å². The van der Waals surface area contributed by atoms with Crippen LogP contribution in [0, 0.1) is 23.2 Å². The molecule has 1 N–H and O–H groups in total. The van der Waals surface area contributed by atoms with Crippen molar-refractivity contribution in [3.63, 3.8) is 0 Å². The second-order valence-electron chi connectivity index (χ2n) is 9.89. The van der Waals surface area contributed by atoms with Gasteiger partial charge >= 0.3 is 59.1 Å². The minimum Gasteiger partial charge on any atom is -0.790 e. The molecule has 1 aromatic carbocycles. The van der Waals surface area contributed by atoms with E-state index in [1.807, 2.05) is 24.4 Å². The van der Waals surface area contributed by atoms with Gasteiger partial charge in [0.1, 0.15) is 0 Å². The van der Waals surface area contributed by atoms with Crippen molar-refractivity contribution in [3.05, 3.63) is 42.4 Å². The third-order valence-electron chi connectivity index (χ3n) is 8.25. The largest absolute Gasteiger partial charge is 1.00 e. The summed E-state index contributed by atoms with van der Waals surface area (Å²) in [6.45, 7) is 0. The van der Waals surface area contributed by atoms with E-state index < -0.39 is 13.9 Å². The van der Waals surface area contributed by atoms with Crippen molar-refractivity contribution in [2.24, 2.45) is 23.2 Å². The topological polar surface area (TPSA) is 110 Å². The van der Waals surface area contributed by atoms with Crippen molar-refractivity contribution in [1.82, 2.24) is 9.55 Å². The Kier molecular flexibility index (Phi) is 7.34. The van der Waals surface area contributed by atoms with Gasteiger partial charge in [0.15, 0.2) is 0 Å². The normalized spacial score (nSPS) is 34.9. The number of benzene rings is 1. The standard InChI is InChI=1S/C22H27N2O5P.2Na/c25-21-14-5-13-6-15(21)10-22(8-13,9-14)20(29-30(26,27)28)7-18-16-3-1-2-4-17(16)19-11-23-12-24(18)19;;/h1-4,11-15,18,20-21,25H,5-10H2,(H2,26,27,28);;/q;2*+1/p-2. The van der Waals surface area contributed by atoms with E-state index in [0.717, 1.165) is 48.9 Å². The molecule has 0 radical (unpaired) electrons. The quantitative estimate of drug-likeness (QED) is 0.352. The van der Waals surface area contributed by atoms with E-state index in [0.29, 0.717) is 12.3 Å². The summed E-state index contributed by atoms with van der Waals surface area (Å²) in [7, 11) is -5.16.